The van der Waals surface area contributed by atoms with Crippen molar-refractivity contribution in [3.8, 4) is 0 Å². The topological polar surface area (TPSA) is 113 Å². The first-order chi connectivity index (χ1) is 13.5. The molecule has 2 aromatic heterocycles. The average Bonchev–Trinajstić information content (AvgIpc) is 3.15. The molecule has 1 saturated heterocycles. The maximum Gasteiger partial charge on any atom is 0.260 e. The molecule has 0 saturated carbocycles. The minimum absolute atomic E-state index is 0.00543. The molecular formula is C21H29N7O. The van der Waals surface area contributed by atoms with Crippen LogP contribution in [-0.2, 0) is 4.79 Å². The van der Waals surface area contributed by atoms with Gasteiger partial charge in [0.15, 0.2) is 0 Å². The number of nitrogen functional groups attached to an aromatic ring is 1. The molecule has 154 valence electrons. The average molecular weight is 396 g/mol. The van der Waals surface area contributed by atoms with Gasteiger partial charge in [0.25, 0.3) is 5.91 Å². The molecular weight excluding hydrogens is 366 g/mol. The Hall–Kier alpha value is -2.74. The zero-order valence-corrected chi connectivity index (χ0v) is 17.7. The molecule has 8 nitrogen and oxygen atoms in total. The Labute approximate surface area is 171 Å². The predicted molar refractivity (Wildman–Crippen MR) is 114 cm³/mol. The first-order valence-electron chi connectivity index (χ1n) is 10.0. The Bertz CT molecular complexity index is 959. The fourth-order valence-electron chi connectivity index (χ4n) is 5.16. The number of hydrogen-bond acceptors (Lipinski definition) is 6. The van der Waals surface area contributed by atoms with E-state index < -0.39 is 0 Å². The first-order valence-corrected chi connectivity index (χ1v) is 10.0. The van der Waals surface area contributed by atoms with Crippen molar-refractivity contribution in [1.29, 1.82) is 0 Å². The summed E-state index contributed by atoms with van der Waals surface area (Å²) in [6, 6.07) is 0. The number of piperidine rings is 1. The number of aromatic amines is 1. The van der Waals surface area contributed by atoms with E-state index in [2.05, 4.69) is 52.9 Å². The quantitative estimate of drug-likeness (QED) is 0.689. The van der Waals surface area contributed by atoms with Crippen LogP contribution < -0.4 is 16.0 Å². The van der Waals surface area contributed by atoms with Gasteiger partial charge in [-0.25, -0.2) is 9.97 Å². The third kappa shape index (κ3) is 3.76. The molecule has 0 bridgehead atoms. The summed E-state index contributed by atoms with van der Waals surface area (Å²) in [5.41, 5.74) is 7.94. The summed E-state index contributed by atoms with van der Waals surface area (Å²) in [5, 5.41) is 3.70. The molecule has 0 spiro atoms. The van der Waals surface area contributed by atoms with Gasteiger partial charge in [0, 0.05) is 30.0 Å². The van der Waals surface area contributed by atoms with Gasteiger partial charge in [-0.3, -0.25) is 9.69 Å². The summed E-state index contributed by atoms with van der Waals surface area (Å²) >= 11 is 0. The third-order valence-corrected chi connectivity index (χ3v) is 5.60. The molecule has 2 aliphatic rings. The molecule has 4 N–H and O–H groups in total. The van der Waals surface area contributed by atoms with E-state index in [9.17, 15) is 4.79 Å². The van der Waals surface area contributed by atoms with E-state index in [1.807, 2.05) is 6.92 Å². The van der Waals surface area contributed by atoms with Crippen molar-refractivity contribution in [2.24, 2.45) is 5.92 Å². The van der Waals surface area contributed by atoms with Gasteiger partial charge in [-0.15, -0.1) is 0 Å². The van der Waals surface area contributed by atoms with Crippen LogP contribution in [0.5, 0.6) is 0 Å². The molecule has 0 atom stereocenters. The zero-order valence-electron chi connectivity index (χ0n) is 17.7. The molecule has 4 rings (SSSR count). The van der Waals surface area contributed by atoms with E-state index in [4.69, 9.17) is 5.73 Å². The lowest BCUT2D eigenvalue weighted by Crippen LogP contribution is -2.59. The molecule has 1 fully saturated rings. The van der Waals surface area contributed by atoms with Crippen LogP contribution in [0.4, 0.5) is 11.8 Å². The maximum absolute atomic E-state index is 13.4. The zero-order chi connectivity index (χ0) is 21.0. The van der Waals surface area contributed by atoms with Gasteiger partial charge in [-0.2, -0.15) is 4.98 Å². The minimum atomic E-state index is -0.0754. The predicted octanol–water partition coefficient (Wildman–Crippen LogP) is 2.53. The second-order valence-corrected chi connectivity index (χ2v) is 9.48. The lowest BCUT2D eigenvalue weighted by molar-refractivity contribution is -0.113. The van der Waals surface area contributed by atoms with Gasteiger partial charge >= 0.3 is 0 Å². The highest BCUT2D eigenvalue weighted by Gasteiger charge is 2.42. The number of imidazole rings is 1. The lowest BCUT2D eigenvalue weighted by Gasteiger charge is -2.47. The van der Waals surface area contributed by atoms with Crippen molar-refractivity contribution in [3.63, 3.8) is 0 Å². The van der Waals surface area contributed by atoms with Crippen LogP contribution in [0.2, 0.25) is 0 Å². The summed E-state index contributed by atoms with van der Waals surface area (Å²) in [6.45, 7) is 11.3. The van der Waals surface area contributed by atoms with Crippen molar-refractivity contribution < 1.29 is 4.79 Å². The molecule has 0 unspecified atom stereocenters. The fraction of sp³-hybridized carbons (Fsp3) is 0.524. The number of nitrogens with one attached hydrogen (secondary N) is 2. The number of amides is 1. The number of rotatable bonds is 3. The van der Waals surface area contributed by atoms with Gasteiger partial charge in [0.2, 0.25) is 5.95 Å². The van der Waals surface area contributed by atoms with Crippen LogP contribution in [0.1, 0.15) is 57.6 Å². The smallest absolute Gasteiger partial charge is 0.260 e. The number of nitrogens with two attached hydrogens (primary N) is 1. The van der Waals surface area contributed by atoms with E-state index >= 15 is 0 Å². The Morgan fingerprint density at radius 1 is 1.24 bits per heavy atom. The van der Waals surface area contributed by atoms with Crippen LogP contribution >= 0.6 is 0 Å². The van der Waals surface area contributed by atoms with Crippen LogP contribution in [0.3, 0.4) is 0 Å². The van der Waals surface area contributed by atoms with Gasteiger partial charge < -0.3 is 16.0 Å². The van der Waals surface area contributed by atoms with E-state index in [1.54, 1.807) is 23.4 Å². The van der Waals surface area contributed by atoms with E-state index in [0.29, 0.717) is 35.4 Å². The maximum atomic E-state index is 13.4. The SMILES string of the molecule is Cc1nc(N)nc2c1/C(=C/c1ncc[nH]1)C(=O)N2CC1CC(C)(C)NC(C)(C)C1. The monoisotopic (exact) mass is 395 g/mol. The highest BCUT2D eigenvalue weighted by atomic mass is 16.2. The Morgan fingerprint density at radius 3 is 2.55 bits per heavy atom. The molecule has 8 heteroatoms. The Balaban J connectivity index is 1.73. The van der Waals surface area contributed by atoms with E-state index in [-0.39, 0.29) is 22.9 Å². The molecule has 4 heterocycles. The van der Waals surface area contributed by atoms with Gasteiger partial charge in [-0.05, 0) is 59.5 Å². The molecule has 2 aliphatic heterocycles. The number of H-pyrrole nitrogens is 1. The van der Waals surface area contributed by atoms with Crippen molar-refractivity contribution in [1.82, 2.24) is 25.3 Å². The number of nitrogens with zero attached hydrogens (tertiary/aromatic N) is 4. The second-order valence-electron chi connectivity index (χ2n) is 9.48. The van der Waals surface area contributed by atoms with Crippen LogP contribution in [0.15, 0.2) is 12.4 Å². The summed E-state index contributed by atoms with van der Waals surface area (Å²) in [7, 11) is 0. The highest BCUT2D eigenvalue weighted by molar-refractivity contribution is 6.35. The minimum Gasteiger partial charge on any atom is -0.368 e. The summed E-state index contributed by atoms with van der Waals surface area (Å²) in [6.07, 6.45) is 7.12. The number of hydrogen-bond donors (Lipinski definition) is 3. The molecule has 2 aromatic rings. The Morgan fingerprint density at radius 2 is 1.93 bits per heavy atom. The number of aryl methyl sites for hydroxylation is 1. The normalized spacial score (nSPS) is 22.3. The summed E-state index contributed by atoms with van der Waals surface area (Å²) in [4.78, 5) is 31.2. The third-order valence-electron chi connectivity index (χ3n) is 5.60. The van der Waals surface area contributed by atoms with Crippen LogP contribution in [-0.4, -0.2) is 43.5 Å². The molecule has 0 aromatic carbocycles. The van der Waals surface area contributed by atoms with Crippen LogP contribution in [0.25, 0.3) is 11.6 Å². The number of carbonyl (C=O) groups excluding carboxylic acids is 1. The van der Waals surface area contributed by atoms with Gasteiger partial charge in [0.05, 0.1) is 16.8 Å². The van der Waals surface area contributed by atoms with Crippen LogP contribution in [0, 0.1) is 12.8 Å². The largest absolute Gasteiger partial charge is 0.368 e. The van der Waals surface area contributed by atoms with Gasteiger partial charge in [0.1, 0.15) is 11.6 Å². The molecule has 1 amide bonds. The van der Waals surface area contributed by atoms with E-state index in [0.717, 1.165) is 18.4 Å². The van der Waals surface area contributed by atoms with Crippen molar-refractivity contribution in [3.05, 3.63) is 29.5 Å². The molecule has 0 aliphatic carbocycles. The summed E-state index contributed by atoms with van der Waals surface area (Å²) in [5.74, 6) is 1.68. The van der Waals surface area contributed by atoms with Crippen molar-refractivity contribution in [2.75, 3.05) is 17.2 Å². The van der Waals surface area contributed by atoms with Crippen molar-refractivity contribution in [2.45, 2.75) is 58.5 Å². The highest BCUT2D eigenvalue weighted by Crippen LogP contribution is 2.41. The first kappa shape index (κ1) is 19.6. The van der Waals surface area contributed by atoms with Crippen molar-refractivity contribution >= 4 is 29.3 Å². The fourth-order valence-corrected chi connectivity index (χ4v) is 5.16. The number of aromatic nitrogens is 4. The standard InChI is InChI=1S/C21H29N7O/c1-12-16-14(8-15-23-6-7-24-15)18(29)28(17(16)26-19(22)25-12)11-13-9-20(2,3)27-21(4,5)10-13/h6-8,13,27H,9-11H2,1-5H3,(H,23,24)(H2,22,25,26)/b14-8-. The Kier molecular flexibility index (Phi) is 4.49. The lowest BCUT2D eigenvalue weighted by atomic mass is 9.76. The second kappa shape index (κ2) is 6.66. The van der Waals surface area contributed by atoms with Gasteiger partial charge in [-0.1, -0.05) is 0 Å². The van der Waals surface area contributed by atoms with E-state index in [1.165, 1.54) is 0 Å². The number of anilines is 2. The molecule has 29 heavy (non-hydrogen) atoms. The molecule has 0 radical (unpaired) electrons. The summed E-state index contributed by atoms with van der Waals surface area (Å²) < 4.78 is 0. The number of carbonyl (C=O) groups is 1. The number of fused-ring (bicyclic) bond motifs is 1.